The van der Waals surface area contributed by atoms with Gasteiger partial charge in [-0.3, -0.25) is 9.36 Å². The number of hydrogen-bond acceptors (Lipinski definition) is 7. The molecule has 0 spiro atoms. The molecule has 168 valence electrons. The normalized spacial score (nSPS) is 17.1. The third kappa shape index (κ3) is 3.85. The Balaban J connectivity index is 1.72. The summed E-state index contributed by atoms with van der Waals surface area (Å²) < 4.78 is 18.3. The minimum absolute atomic E-state index is 0.127. The maximum Gasteiger partial charge on any atom is 0.338 e. The fourth-order valence-electron chi connectivity index (χ4n) is 3.90. The summed E-state index contributed by atoms with van der Waals surface area (Å²) in [4.78, 5) is 31.6. The molecule has 0 saturated heterocycles. The molecule has 0 aliphatic carbocycles. The molecule has 2 aliphatic rings. The van der Waals surface area contributed by atoms with Gasteiger partial charge in [0, 0.05) is 5.02 Å². The average molecular weight is 483 g/mol. The van der Waals surface area contributed by atoms with Crippen molar-refractivity contribution >= 4 is 35.0 Å². The highest BCUT2D eigenvalue weighted by Crippen LogP contribution is 2.38. The van der Waals surface area contributed by atoms with E-state index < -0.39 is 12.0 Å². The van der Waals surface area contributed by atoms with Crippen LogP contribution in [0.1, 0.15) is 31.0 Å². The summed E-state index contributed by atoms with van der Waals surface area (Å²) in [6.07, 6.45) is 1.79. The van der Waals surface area contributed by atoms with E-state index in [9.17, 15) is 9.59 Å². The van der Waals surface area contributed by atoms with Gasteiger partial charge in [0.15, 0.2) is 16.3 Å². The number of carbonyl (C=O) groups excluding carboxylic acids is 1. The molecule has 1 unspecified atom stereocenters. The van der Waals surface area contributed by atoms with Crippen molar-refractivity contribution in [2.75, 3.05) is 13.4 Å². The van der Waals surface area contributed by atoms with Crippen LogP contribution in [0, 0.1) is 0 Å². The van der Waals surface area contributed by atoms with Gasteiger partial charge in [0.05, 0.1) is 28.5 Å². The zero-order valence-corrected chi connectivity index (χ0v) is 19.4. The minimum atomic E-state index is -0.706. The first-order valence-electron chi connectivity index (χ1n) is 10.3. The van der Waals surface area contributed by atoms with Crippen LogP contribution in [0.25, 0.3) is 6.08 Å². The van der Waals surface area contributed by atoms with Gasteiger partial charge in [0.25, 0.3) is 5.56 Å². The zero-order valence-electron chi connectivity index (χ0n) is 17.8. The van der Waals surface area contributed by atoms with Crippen molar-refractivity contribution in [3.8, 4) is 11.5 Å². The molecule has 3 heterocycles. The Morgan fingerprint density at radius 1 is 1.24 bits per heavy atom. The largest absolute Gasteiger partial charge is 0.463 e. The quantitative estimate of drug-likeness (QED) is 0.534. The molecule has 1 aromatic heterocycles. The van der Waals surface area contributed by atoms with Gasteiger partial charge in [-0.1, -0.05) is 41.1 Å². The number of allylic oxidation sites excluding steroid dienone is 1. The van der Waals surface area contributed by atoms with E-state index in [1.807, 2.05) is 18.2 Å². The van der Waals surface area contributed by atoms with Crippen LogP contribution in [0.15, 0.2) is 63.5 Å². The van der Waals surface area contributed by atoms with Crippen LogP contribution in [0.3, 0.4) is 0 Å². The van der Waals surface area contributed by atoms with E-state index in [1.165, 1.54) is 11.3 Å². The molecule has 2 aliphatic heterocycles. The second-order valence-corrected chi connectivity index (χ2v) is 8.91. The smallest absolute Gasteiger partial charge is 0.338 e. The molecule has 0 amide bonds. The van der Waals surface area contributed by atoms with Crippen molar-refractivity contribution < 1.29 is 19.0 Å². The van der Waals surface area contributed by atoms with Gasteiger partial charge in [-0.2, -0.15) is 0 Å². The molecule has 5 rings (SSSR count). The van der Waals surface area contributed by atoms with Crippen molar-refractivity contribution in [2.45, 2.75) is 19.9 Å². The second-order valence-electron chi connectivity index (χ2n) is 7.47. The highest BCUT2D eigenvalue weighted by molar-refractivity contribution is 7.07. The number of hydrogen-bond donors (Lipinski definition) is 0. The number of carbonyl (C=O) groups is 1. The van der Waals surface area contributed by atoms with Crippen molar-refractivity contribution in [3.05, 3.63) is 89.6 Å². The molecule has 7 nitrogen and oxygen atoms in total. The third-order valence-corrected chi connectivity index (χ3v) is 6.63. The molecular formula is C24H19ClN2O5S. The van der Waals surface area contributed by atoms with Gasteiger partial charge >= 0.3 is 5.97 Å². The van der Waals surface area contributed by atoms with Crippen LogP contribution in [-0.4, -0.2) is 23.9 Å². The highest BCUT2D eigenvalue weighted by Gasteiger charge is 2.34. The molecule has 0 bridgehead atoms. The summed E-state index contributed by atoms with van der Waals surface area (Å²) >= 11 is 7.25. The average Bonchev–Trinajstić information content (AvgIpc) is 3.38. The minimum Gasteiger partial charge on any atom is -0.463 e. The summed E-state index contributed by atoms with van der Waals surface area (Å²) in [6, 6.07) is 11.9. The van der Waals surface area contributed by atoms with E-state index in [0.717, 1.165) is 5.56 Å². The molecule has 3 aromatic rings. The van der Waals surface area contributed by atoms with E-state index in [-0.39, 0.29) is 19.0 Å². The van der Waals surface area contributed by atoms with Crippen molar-refractivity contribution in [2.24, 2.45) is 4.99 Å². The third-order valence-electron chi connectivity index (χ3n) is 5.40. The van der Waals surface area contributed by atoms with Gasteiger partial charge < -0.3 is 14.2 Å². The summed E-state index contributed by atoms with van der Waals surface area (Å²) in [7, 11) is 0. The van der Waals surface area contributed by atoms with E-state index in [4.69, 9.17) is 25.8 Å². The molecular weight excluding hydrogens is 464 g/mol. The Kier molecular flexibility index (Phi) is 5.55. The van der Waals surface area contributed by atoms with Gasteiger partial charge in [0.1, 0.15) is 0 Å². The maximum absolute atomic E-state index is 13.6. The lowest BCUT2D eigenvalue weighted by Crippen LogP contribution is -2.39. The molecule has 0 fully saturated rings. The number of nitrogens with zero attached hydrogens (tertiary/aromatic N) is 2. The molecule has 1 atom stereocenters. The standard InChI is InChI=1S/C24H19ClN2O5S/c1-3-30-23(29)20-13(2)26-24-27(21(20)15-6-9-17-18(11-15)32-12-31-17)22(28)19(33-24)10-14-4-7-16(25)8-5-14/h4-11,21H,3,12H2,1-2H3. The van der Waals surface area contributed by atoms with E-state index in [2.05, 4.69) is 4.99 Å². The zero-order chi connectivity index (χ0) is 23.1. The number of thiazole rings is 1. The van der Waals surface area contributed by atoms with Crippen LogP contribution >= 0.6 is 22.9 Å². The van der Waals surface area contributed by atoms with E-state index in [0.29, 0.717) is 42.7 Å². The summed E-state index contributed by atoms with van der Waals surface area (Å²) in [6.45, 7) is 3.83. The first-order valence-corrected chi connectivity index (χ1v) is 11.5. The Hall–Kier alpha value is -3.36. The molecule has 9 heteroatoms. The van der Waals surface area contributed by atoms with E-state index >= 15 is 0 Å². The summed E-state index contributed by atoms with van der Waals surface area (Å²) in [5.74, 6) is 0.675. The number of halogens is 1. The first-order chi connectivity index (χ1) is 16.0. The SMILES string of the molecule is CCOC(=O)C1=C(C)N=c2sc(=Cc3ccc(Cl)cc3)c(=O)n2C1c1ccc2c(c1)OCO2. The molecule has 0 radical (unpaired) electrons. The van der Waals surface area contributed by atoms with Gasteiger partial charge in [0.2, 0.25) is 6.79 Å². The lowest BCUT2D eigenvalue weighted by atomic mass is 9.95. The lowest BCUT2D eigenvalue weighted by molar-refractivity contribution is -0.139. The first kappa shape index (κ1) is 21.5. The van der Waals surface area contributed by atoms with Crippen molar-refractivity contribution in [1.82, 2.24) is 4.57 Å². The van der Waals surface area contributed by atoms with Crippen LogP contribution in [0.5, 0.6) is 11.5 Å². The highest BCUT2D eigenvalue weighted by atomic mass is 35.5. The van der Waals surface area contributed by atoms with Gasteiger partial charge in [-0.05, 0) is 55.3 Å². The summed E-state index contributed by atoms with van der Waals surface area (Å²) in [5.41, 5.74) is 2.13. The van der Waals surface area contributed by atoms with Crippen molar-refractivity contribution in [1.29, 1.82) is 0 Å². The number of aromatic nitrogens is 1. The Morgan fingerprint density at radius 2 is 2.00 bits per heavy atom. The second kappa shape index (κ2) is 8.53. The fourth-order valence-corrected chi connectivity index (χ4v) is 5.07. The van der Waals surface area contributed by atoms with Crippen LogP contribution in [0.2, 0.25) is 5.02 Å². The molecule has 33 heavy (non-hydrogen) atoms. The number of benzene rings is 2. The summed E-state index contributed by atoms with van der Waals surface area (Å²) in [5, 5.41) is 0.617. The molecule has 0 N–H and O–H groups in total. The number of esters is 1. The Morgan fingerprint density at radius 3 is 2.76 bits per heavy atom. The molecule has 2 aromatic carbocycles. The number of fused-ring (bicyclic) bond motifs is 2. The fraction of sp³-hybridized carbons (Fsp3) is 0.208. The monoisotopic (exact) mass is 482 g/mol. The van der Waals surface area contributed by atoms with Crippen LogP contribution < -0.4 is 24.4 Å². The van der Waals surface area contributed by atoms with Crippen molar-refractivity contribution in [3.63, 3.8) is 0 Å². The number of ether oxygens (including phenoxy) is 3. The van der Waals surface area contributed by atoms with Crippen LogP contribution in [0.4, 0.5) is 0 Å². The topological polar surface area (TPSA) is 79.1 Å². The van der Waals surface area contributed by atoms with Gasteiger partial charge in [-0.15, -0.1) is 0 Å². The van der Waals surface area contributed by atoms with E-state index in [1.54, 1.807) is 48.8 Å². The van der Waals surface area contributed by atoms with Gasteiger partial charge in [-0.25, -0.2) is 9.79 Å². The van der Waals surface area contributed by atoms with Crippen LogP contribution in [-0.2, 0) is 9.53 Å². The Labute approximate surface area is 197 Å². The predicted molar refractivity (Wildman–Crippen MR) is 124 cm³/mol. The lowest BCUT2D eigenvalue weighted by Gasteiger charge is -2.24. The Bertz CT molecular complexity index is 1470. The molecule has 0 saturated carbocycles. The number of rotatable bonds is 4. The maximum atomic E-state index is 13.6. The predicted octanol–water partition coefficient (Wildman–Crippen LogP) is 3.18.